The third-order valence-corrected chi connectivity index (χ3v) is 5.16. The van der Waals surface area contributed by atoms with E-state index < -0.39 is 0 Å². The summed E-state index contributed by atoms with van der Waals surface area (Å²) in [5.74, 6) is 2.30. The van der Waals surface area contributed by atoms with Crippen molar-refractivity contribution in [1.82, 2.24) is 0 Å². The summed E-state index contributed by atoms with van der Waals surface area (Å²) in [6.07, 6.45) is 5.98. The predicted octanol–water partition coefficient (Wildman–Crippen LogP) is 2.17. The highest BCUT2D eigenvalue weighted by Gasteiger charge is 2.53. The van der Waals surface area contributed by atoms with E-state index in [0.717, 1.165) is 38.0 Å². The van der Waals surface area contributed by atoms with Crippen LogP contribution in [-0.2, 0) is 9.53 Å². The Morgan fingerprint density at radius 1 is 1.33 bits per heavy atom. The Labute approximate surface area is 109 Å². The first kappa shape index (κ1) is 12.6. The first-order valence-electron chi connectivity index (χ1n) is 7.52. The zero-order chi connectivity index (χ0) is 12.7. The standard InChI is InChI=1S/C15H24O3/c1-2-3-12(16)8-18-15-11-5-9-4-10(7-11)14(17)13(15)6-9/h9-13,15-16H,2-8H2,1H3. The van der Waals surface area contributed by atoms with Crippen LogP contribution in [0.5, 0.6) is 0 Å². The molecule has 0 spiro atoms. The van der Waals surface area contributed by atoms with Crippen molar-refractivity contribution in [3.05, 3.63) is 0 Å². The highest BCUT2D eigenvalue weighted by molar-refractivity contribution is 5.86. The Balaban J connectivity index is 1.61. The van der Waals surface area contributed by atoms with Crippen molar-refractivity contribution in [2.75, 3.05) is 6.61 Å². The first-order chi connectivity index (χ1) is 8.69. The van der Waals surface area contributed by atoms with Gasteiger partial charge in [-0.3, -0.25) is 4.79 Å². The molecule has 18 heavy (non-hydrogen) atoms. The van der Waals surface area contributed by atoms with Crippen molar-refractivity contribution in [1.29, 1.82) is 0 Å². The molecule has 0 aromatic rings. The molecule has 4 bridgehead atoms. The van der Waals surface area contributed by atoms with Gasteiger partial charge in [0.1, 0.15) is 5.78 Å². The van der Waals surface area contributed by atoms with E-state index in [0.29, 0.717) is 24.2 Å². The Bertz CT molecular complexity index is 328. The summed E-state index contributed by atoms with van der Waals surface area (Å²) < 4.78 is 5.93. The van der Waals surface area contributed by atoms with Gasteiger partial charge in [-0.2, -0.15) is 0 Å². The van der Waals surface area contributed by atoms with Gasteiger partial charge in [0.2, 0.25) is 0 Å². The van der Waals surface area contributed by atoms with Crippen LogP contribution in [0.3, 0.4) is 0 Å². The van der Waals surface area contributed by atoms with Gasteiger partial charge in [-0.25, -0.2) is 0 Å². The predicted molar refractivity (Wildman–Crippen MR) is 68.1 cm³/mol. The van der Waals surface area contributed by atoms with Gasteiger partial charge in [-0.15, -0.1) is 0 Å². The molecule has 0 saturated heterocycles. The number of rotatable bonds is 5. The summed E-state index contributed by atoms with van der Waals surface area (Å²) >= 11 is 0. The van der Waals surface area contributed by atoms with E-state index in [2.05, 4.69) is 6.92 Å². The lowest BCUT2D eigenvalue weighted by Crippen LogP contribution is -2.55. The molecule has 4 rings (SSSR count). The fraction of sp³-hybridized carbons (Fsp3) is 0.933. The number of hydrogen-bond acceptors (Lipinski definition) is 3. The Morgan fingerprint density at radius 3 is 2.94 bits per heavy atom. The molecule has 6 atom stereocenters. The number of aliphatic hydroxyl groups excluding tert-OH is 1. The highest BCUT2D eigenvalue weighted by Crippen LogP contribution is 2.52. The highest BCUT2D eigenvalue weighted by atomic mass is 16.5. The molecule has 6 unspecified atom stereocenters. The fourth-order valence-electron chi connectivity index (χ4n) is 4.47. The maximum atomic E-state index is 12.2. The maximum Gasteiger partial charge on any atom is 0.141 e. The van der Waals surface area contributed by atoms with Gasteiger partial charge in [0, 0.05) is 11.8 Å². The van der Waals surface area contributed by atoms with Crippen LogP contribution < -0.4 is 0 Å². The monoisotopic (exact) mass is 252 g/mol. The van der Waals surface area contributed by atoms with Crippen molar-refractivity contribution in [3.63, 3.8) is 0 Å². The van der Waals surface area contributed by atoms with Crippen molar-refractivity contribution in [3.8, 4) is 0 Å². The van der Waals surface area contributed by atoms with E-state index in [9.17, 15) is 9.90 Å². The molecular weight excluding hydrogens is 228 g/mol. The minimum absolute atomic E-state index is 0.108. The van der Waals surface area contributed by atoms with E-state index in [1.54, 1.807) is 0 Å². The van der Waals surface area contributed by atoms with E-state index in [-0.39, 0.29) is 18.1 Å². The average molecular weight is 252 g/mol. The Hall–Kier alpha value is -0.410. The largest absolute Gasteiger partial charge is 0.391 e. The van der Waals surface area contributed by atoms with Crippen LogP contribution in [0.2, 0.25) is 0 Å². The Morgan fingerprint density at radius 2 is 2.17 bits per heavy atom. The number of ketones is 1. The van der Waals surface area contributed by atoms with E-state index in [1.165, 1.54) is 6.42 Å². The second kappa shape index (κ2) is 4.93. The van der Waals surface area contributed by atoms with Crippen LogP contribution in [-0.4, -0.2) is 29.7 Å². The molecule has 1 N–H and O–H groups in total. The quantitative estimate of drug-likeness (QED) is 0.815. The zero-order valence-electron chi connectivity index (χ0n) is 11.2. The average Bonchev–Trinajstić information content (AvgIpc) is 2.34. The van der Waals surface area contributed by atoms with E-state index in [4.69, 9.17) is 4.74 Å². The van der Waals surface area contributed by atoms with Gasteiger partial charge in [0.15, 0.2) is 0 Å². The van der Waals surface area contributed by atoms with Crippen LogP contribution in [0.15, 0.2) is 0 Å². The van der Waals surface area contributed by atoms with Gasteiger partial charge in [0.05, 0.1) is 18.8 Å². The van der Waals surface area contributed by atoms with Crippen LogP contribution in [0.1, 0.15) is 45.4 Å². The third kappa shape index (κ3) is 2.12. The van der Waals surface area contributed by atoms with Gasteiger partial charge in [0.25, 0.3) is 0 Å². The van der Waals surface area contributed by atoms with Gasteiger partial charge in [-0.05, 0) is 43.9 Å². The van der Waals surface area contributed by atoms with Crippen molar-refractivity contribution in [2.24, 2.45) is 23.7 Å². The maximum absolute atomic E-state index is 12.2. The van der Waals surface area contributed by atoms with Crippen molar-refractivity contribution >= 4 is 5.78 Å². The van der Waals surface area contributed by atoms with E-state index in [1.807, 2.05) is 0 Å². The number of aliphatic hydroxyl groups is 1. The summed E-state index contributed by atoms with van der Waals surface area (Å²) in [7, 11) is 0. The van der Waals surface area contributed by atoms with Gasteiger partial charge < -0.3 is 9.84 Å². The lowest BCUT2D eigenvalue weighted by Gasteiger charge is -2.52. The molecule has 4 saturated carbocycles. The molecule has 0 radical (unpaired) electrons. The second-order valence-electron chi connectivity index (χ2n) is 6.52. The first-order valence-corrected chi connectivity index (χ1v) is 7.52. The summed E-state index contributed by atoms with van der Waals surface area (Å²) in [5.41, 5.74) is 0. The molecule has 0 amide bonds. The number of carbonyl (C=O) groups is 1. The normalized spacial score (nSPS) is 43.4. The van der Waals surface area contributed by atoms with Gasteiger partial charge >= 0.3 is 0 Å². The van der Waals surface area contributed by atoms with E-state index >= 15 is 0 Å². The molecule has 4 aliphatic carbocycles. The second-order valence-corrected chi connectivity index (χ2v) is 6.52. The topological polar surface area (TPSA) is 46.5 Å². The number of hydrogen-bond donors (Lipinski definition) is 1. The van der Waals surface area contributed by atoms with Crippen LogP contribution in [0.4, 0.5) is 0 Å². The summed E-state index contributed by atoms with van der Waals surface area (Å²) in [4.78, 5) is 12.2. The summed E-state index contributed by atoms with van der Waals surface area (Å²) in [6.45, 7) is 2.48. The summed E-state index contributed by atoms with van der Waals surface area (Å²) in [5, 5.41) is 9.76. The lowest BCUT2D eigenvalue weighted by molar-refractivity contribution is -0.166. The Kier molecular flexibility index (Phi) is 3.46. The van der Waals surface area contributed by atoms with Crippen LogP contribution in [0, 0.1) is 23.7 Å². The smallest absolute Gasteiger partial charge is 0.141 e. The number of ether oxygens (including phenoxy) is 1. The fourth-order valence-corrected chi connectivity index (χ4v) is 4.47. The van der Waals surface area contributed by atoms with Gasteiger partial charge in [-0.1, -0.05) is 13.3 Å². The molecule has 102 valence electrons. The van der Waals surface area contributed by atoms with Crippen LogP contribution in [0.25, 0.3) is 0 Å². The molecule has 0 aliphatic heterocycles. The molecular formula is C15H24O3. The molecule has 0 aromatic carbocycles. The van der Waals surface area contributed by atoms with Crippen LogP contribution >= 0.6 is 0 Å². The number of Topliss-reactive ketones (excluding diaryl/α,β-unsaturated/α-hetero) is 1. The SMILES string of the molecule is CCCC(O)COC1C2CC3CC(C2)C(=O)C1C3. The minimum Gasteiger partial charge on any atom is -0.391 e. The van der Waals surface area contributed by atoms with Crippen molar-refractivity contribution < 1.29 is 14.6 Å². The molecule has 3 heteroatoms. The number of carbonyl (C=O) groups excluding carboxylic acids is 1. The molecule has 0 aromatic heterocycles. The lowest BCUT2D eigenvalue weighted by atomic mass is 9.54. The molecule has 0 heterocycles. The zero-order valence-corrected chi connectivity index (χ0v) is 11.2. The third-order valence-electron chi connectivity index (χ3n) is 5.16. The minimum atomic E-state index is -0.359. The molecule has 4 aliphatic rings. The van der Waals surface area contributed by atoms with Crippen molar-refractivity contribution in [2.45, 2.75) is 57.7 Å². The summed E-state index contributed by atoms with van der Waals surface area (Å²) in [6, 6.07) is 0. The molecule has 4 fully saturated rings. The molecule has 3 nitrogen and oxygen atoms in total.